The molecule has 0 saturated carbocycles. The molecule has 1 aliphatic heterocycles. The number of non-ortho nitro benzene ring substituents is 1. The molecule has 0 spiro atoms. The molecule has 1 aromatic heterocycles. The lowest BCUT2D eigenvalue weighted by Crippen LogP contribution is -2.42. The number of methoxy groups -OCH3 is 1. The van der Waals surface area contributed by atoms with E-state index in [0.29, 0.717) is 50.1 Å². The maximum Gasteiger partial charge on any atom is 0.295 e. The first-order valence-corrected chi connectivity index (χ1v) is 13.6. The molecular weight excluding hydrogens is 494 g/mol. The minimum Gasteiger partial charge on any atom is -0.385 e. The first kappa shape index (κ1) is 26.8. The molecule has 3 aromatic carbocycles. The highest BCUT2D eigenvalue weighted by atomic mass is 16.6. The maximum atomic E-state index is 13.3. The van der Waals surface area contributed by atoms with E-state index in [9.17, 15) is 14.9 Å². The SMILES string of the molecule is COCCCn1c(C2CCCN(C(=O)CC(N)Cc3ccc4ccccc4c3)C2)nc2cccc([N+](=O)[O-])c21. The van der Waals surface area contributed by atoms with Crippen LogP contribution in [0.2, 0.25) is 0 Å². The third kappa shape index (κ3) is 5.94. The van der Waals surface area contributed by atoms with Crippen molar-refractivity contribution < 1.29 is 14.5 Å². The van der Waals surface area contributed by atoms with Gasteiger partial charge in [0.05, 0.1) is 10.4 Å². The number of benzene rings is 3. The van der Waals surface area contributed by atoms with E-state index < -0.39 is 0 Å². The van der Waals surface area contributed by atoms with E-state index >= 15 is 0 Å². The molecule has 2 N–H and O–H groups in total. The summed E-state index contributed by atoms with van der Waals surface area (Å²) in [6.07, 6.45) is 3.33. The molecule has 4 aromatic rings. The van der Waals surface area contributed by atoms with E-state index in [1.54, 1.807) is 13.2 Å². The number of ether oxygens (including phenoxy) is 1. The van der Waals surface area contributed by atoms with Gasteiger partial charge in [-0.15, -0.1) is 0 Å². The highest BCUT2D eigenvalue weighted by molar-refractivity contribution is 5.86. The zero-order valence-electron chi connectivity index (χ0n) is 22.3. The predicted molar refractivity (Wildman–Crippen MR) is 152 cm³/mol. The number of imidazole rings is 1. The lowest BCUT2D eigenvalue weighted by Gasteiger charge is -2.33. The van der Waals surface area contributed by atoms with Gasteiger partial charge in [0, 0.05) is 57.8 Å². The number of fused-ring (bicyclic) bond motifs is 2. The summed E-state index contributed by atoms with van der Waals surface area (Å²) in [6, 6.07) is 19.3. The number of nitrogens with zero attached hydrogens (tertiary/aromatic N) is 4. The van der Waals surface area contributed by atoms with Crippen molar-refractivity contribution in [1.82, 2.24) is 14.5 Å². The van der Waals surface area contributed by atoms with Gasteiger partial charge in [-0.3, -0.25) is 14.9 Å². The van der Waals surface area contributed by atoms with Crippen molar-refractivity contribution in [2.75, 3.05) is 26.8 Å². The van der Waals surface area contributed by atoms with Crippen LogP contribution in [0.25, 0.3) is 21.8 Å². The van der Waals surface area contributed by atoms with Crippen molar-refractivity contribution >= 4 is 33.4 Å². The van der Waals surface area contributed by atoms with Crippen LogP contribution in [-0.4, -0.2) is 58.1 Å². The molecule has 2 atom stereocenters. The van der Waals surface area contributed by atoms with Gasteiger partial charge in [0.2, 0.25) is 5.91 Å². The highest BCUT2D eigenvalue weighted by Crippen LogP contribution is 2.33. The molecule has 0 bridgehead atoms. The van der Waals surface area contributed by atoms with Gasteiger partial charge in [0.25, 0.3) is 5.69 Å². The monoisotopic (exact) mass is 529 g/mol. The van der Waals surface area contributed by atoms with Crippen LogP contribution in [0.3, 0.4) is 0 Å². The minimum absolute atomic E-state index is 0.00559. The Labute approximate surface area is 227 Å². The van der Waals surface area contributed by atoms with E-state index in [4.69, 9.17) is 15.5 Å². The Hall–Kier alpha value is -3.82. The van der Waals surface area contributed by atoms with Crippen molar-refractivity contribution in [3.05, 3.63) is 82.2 Å². The maximum absolute atomic E-state index is 13.3. The van der Waals surface area contributed by atoms with Crippen LogP contribution in [0.1, 0.15) is 43.0 Å². The van der Waals surface area contributed by atoms with Crippen LogP contribution in [0.4, 0.5) is 5.69 Å². The van der Waals surface area contributed by atoms with Gasteiger partial charge in [0.15, 0.2) is 0 Å². The number of hydrogen-bond acceptors (Lipinski definition) is 6. The number of hydrogen-bond donors (Lipinski definition) is 1. The number of aryl methyl sites for hydroxylation is 1. The quantitative estimate of drug-likeness (QED) is 0.179. The second-order valence-electron chi connectivity index (χ2n) is 10.4. The lowest BCUT2D eigenvalue weighted by molar-refractivity contribution is -0.383. The largest absolute Gasteiger partial charge is 0.385 e. The summed E-state index contributed by atoms with van der Waals surface area (Å²) in [5, 5.41) is 14.1. The first-order valence-electron chi connectivity index (χ1n) is 13.6. The van der Waals surface area contributed by atoms with Gasteiger partial charge in [-0.2, -0.15) is 0 Å². The Bertz CT molecular complexity index is 1480. The van der Waals surface area contributed by atoms with E-state index in [1.165, 1.54) is 16.8 Å². The molecule has 0 radical (unpaired) electrons. The third-order valence-corrected chi connectivity index (χ3v) is 7.59. The number of likely N-dealkylation sites (tertiary alicyclic amines) is 1. The smallest absolute Gasteiger partial charge is 0.295 e. The topological polar surface area (TPSA) is 117 Å². The lowest BCUT2D eigenvalue weighted by atomic mass is 9.95. The standard InChI is InChI=1S/C30H35N5O4/c1-39-16-6-15-34-29-26(10-4-11-27(29)35(37)38)32-30(34)24-9-5-14-33(20-24)28(36)19-25(31)18-21-12-13-22-7-2-3-8-23(22)17-21/h2-4,7-8,10-13,17,24-25H,5-6,9,14-16,18-20,31H2,1H3. The molecular formula is C30H35N5O4. The molecule has 204 valence electrons. The minimum atomic E-state index is -0.353. The number of nitrogens with two attached hydrogens (primary N) is 1. The fourth-order valence-corrected chi connectivity index (χ4v) is 5.75. The van der Waals surface area contributed by atoms with Gasteiger partial charge in [-0.1, -0.05) is 48.5 Å². The van der Waals surface area contributed by atoms with Crippen LogP contribution in [0.5, 0.6) is 0 Å². The summed E-state index contributed by atoms with van der Waals surface area (Å²) in [5.74, 6) is 0.836. The molecule has 2 unspecified atom stereocenters. The number of amides is 1. The number of rotatable bonds is 10. The number of nitro benzene ring substituents is 1. The van der Waals surface area contributed by atoms with Gasteiger partial charge in [-0.25, -0.2) is 4.98 Å². The number of aromatic nitrogens is 2. The Kier molecular flexibility index (Phi) is 8.18. The summed E-state index contributed by atoms with van der Waals surface area (Å²) in [4.78, 5) is 31.5. The Morgan fingerprint density at radius 2 is 2.00 bits per heavy atom. The average molecular weight is 530 g/mol. The molecule has 5 rings (SSSR count). The summed E-state index contributed by atoms with van der Waals surface area (Å²) in [5.41, 5.74) is 8.77. The van der Waals surface area contributed by atoms with Crippen LogP contribution in [0.15, 0.2) is 60.7 Å². The van der Waals surface area contributed by atoms with Gasteiger partial charge >= 0.3 is 0 Å². The summed E-state index contributed by atoms with van der Waals surface area (Å²) >= 11 is 0. The number of carbonyl (C=O) groups is 1. The van der Waals surface area contributed by atoms with E-state index in [0.717, 1.165) is 24.2 Å². The summed E-state index contributed by atoms with van der Waals surface area (Å²) in [7, 11) is 1.64. The Balaban J connectivity index is 1.31. The Morgan fingerprint density at radius 3 is 2.79 bits per heavy atom. The molecule has 9 nitrogen and oxygen atoms in total. The normalized spacial score (nSPS) is 16.6. The molecule has 1 fully saturated rings. The Morgan fingerprint density at radius 1 is 1.18 bits per heavy atom. The fraction of sp³-hybridized carbons (Fsp3) is 0.400. The molecule has 1 aliphatic rings. The first-order chi connectivity index (χ1) is 18.9. The van der Waals surface area contributed by atoms with Crippen molar-refractivity contribution in [1.29, 1.82) is 0 Å². The van der Waals surface area contributed by atoms with Crippen molar-refractivity contribution in [3.8, 4) is 0 Å². The molecule has 9 heteroatoms. The van der Waals surface area contributed by atoms with Crippen molar-refractivity contribution in [2.24, 2.45) is 5.73 Å². The molecule has 39 heavy (non-hydrogen) atoms. The number of piperidine rings is 1. The van der Waals surface area contributed by atoms with Gasteiger partial charge in [0.1, 0.15) is 11.3 Å². The third-order valence-electron chi connectivity index (χ3n) is 7.59. The van der Waals surface area contributed by atoms with Crippen LogP contribution in [0, 0.1) is 10.1 Å². The van der Waals surface area contributed by atoms with Crippen LogP contribution in [-0.2, 0) is 22.5 Å². The van der Waals surface area contributed by atoms with Crippen LogP contribution >= 0.6 is 0 Å². The molecule has 1 amide bonds. The van der Waals surface area contributed by atoms with E-state index in [2.05, 4.69) is 30.3 Å². The average Bonchev–Trinajstić information content (AvgIpc) is 3.31. The number of carbonyl (C=O) groups excluding carboxylic acids is 1. The van der Waals surface area contributed by atoms with E-state index in [1.807, 2.05) is 27.7 Å². The zero-order chi connectivity index (χ0) is 27.4. The van der Waals surface area contributed by atoms with Crippen molar-refractivity contribution in [2.45, 2.75) is 50.6 Å². The number of para-hydroxylation sites is 1. The highest BCUT2D eigenvalue weighted by Gasteiger charge is 2.31. The van der Waals surface area contributed by atoms with E-state index in [-0.39, 0.29) is 34.9 Å². The van der Waals surface area contributed by atoms with Gasteiger partial charge < -0.3 is 19.9 Å². The zero-order valence-corrected chi connectivity index (χ0v) is 22.3. The molecule has 0 aliphatic carbocycles. The van der Waals surface area contributed by atoms with Gasteiger partial charge in [-0.05, 0) is 48.1 Å². The second-order valence-corrected chi connectivity index (χ2v) is 10.4. The van der Waals surface area contributed by atoms with Crippen molar-refractivity contribution in [3.63, 3.8) is 0 Å². The second kappa shape index (κ2) is 11.9. The molecule has 1 saturated heterocycles. The fourth-order valence-electron chi connectivity index (χ4n) is 5.75. The summed E-state index contributed by atoms with van der Waals surface area (Å²) < 4.78 is 7.20. The molecule has 2 heterocycles. The summed E-state index contributed by atoms with van der Waals surface area (Å²) in [6.45, 7) is 2.32. The van der Waals surface area contributed by atoms with Crippen LogP contribution < -0.4 is 5.73 Å². The number of nitro groups is 1. The predicted octanol–water partition coefficient (Wildman–Crippen LogP) is 4.80.